The topological polar surface area (TPSA) is 78.5 Å². The number of nitrogens with zero attached hydrogens (tertiary/aromatic N) is 2. The fourth-order valence-electron chi connectivity index (χ4n) is 2.40. The lowest BCUT2D eigenvalue weighted by Crippen LogP contribution is -2.22. The van der Waals surface area contributed by atoms with Crippen LogP contribution in [0.3, 0.4) is 0 Å². The highest BCUT2D eigenvalue weighted by atomic mass is 16.5. The van der Waals surface area contributed by atoms with E-state index in [1.165, 1.54) is 0 Å². The van der Waals surface area contributed by atoms with Gasteiger partial charge in [-0.25, -0.2) is 0 Å². The largest absolute Gasteiger partial charge is 0.493 e. The second-order valence-corrected chi connectivity index (χ2v) is 5.34. The average Bonchev–Trinajstić information content (AvgIpc) is 3.32. The van der Waals surface area contributed by atoms with E-state index in [0.717, 1.165) is 5.56 Å². The van der Waals surface area contributed by atoms with E-state index in [1.54, 1.807) is 43.3 Å². The molecule has 0 aliphatic carbocycles. The van der Waals surface area contributed by atoms with Crippen molar-refractivity contribution in [2.75, 3.05) is 14.2 Å². The molecule has 0 aliphatic heterocycles. The van der Waals surface area contributed by atoms with Crippen molar-refractivity contribution in [1.29, 1.82) is 0 Å². The number of carbonyl (C=O) groups excluding carboxylic acids is 1. The number of nitrogens with one attached hydrogen (secondary N) is 1. The van der Waals surface area contributed by atoms with Crippen LogP contribution in [-0.4, -0.2) is 29.9 Å². The third kappa shape index (κ3) is 4.00. The maximum Gasteiger partial charge on any atom is 0.287 e. The van der Waals surface area contributed by atoms with Gasteiger partial charge in [0, 0.05) is 18.9 Å². The zero-order valence-corrected chi connectivity index (χ0v) is 14.1. The molecule has 3 rings (SSSR count). The molecule has 0 radical (unpaired) electrons. The zero-order chi connectivity index (χ0) is 17.6. The van der Waals surface area contributed by atoms with Gasteiger partial charge in [-0.3, -0.25) is 9.48 Å². The first-order valence-corrected chi connectivity index (χ1v) is 7.75. The number of aromatic nitrogens is 2. The standard InChI is InChI=1S/C18H19N3O4/c1-23-15-6-4-13(10-17(15)24-2)11-19-18(22)16-7-5-14(25-16)12-21-9-3-8-20-21/h3-10H,11-12H2,1-2H3,(H,19,22). The molecule has 2 aromatic heterocycles. The summed E-state index contributed by atoms with van der Waals surface area (Å²) in [6, 6.07) is 10.8. The van der Waals surface area contributed by atoms with Crippen LogP contribution in [0.25, 0.3) is 0 Å². The minimum Gasteiger partial charge on any atom is -0.493 e. The third-order valence-electron chi connectivity index (χ3n) is 3.66. The molecule has 7 heteroatoms. The normalized spacial score (nSPS) is 10.5. The fourth-order valence-corrected chi connectivity index (χ4v) is 2.40. The number of methoxy groups -OCH3 is 2. The van der Waals surface area contributed by atoms with Crippen LogP contribution in [0, 0.1) is 0 Å². The molecule has 3 aromatic rings. The molecule has 0 saturated heterocycles. The SMILES string of the molecule is COc1ccc(CNC(=O)c2ccc(Cn3cccn3)o2)cc1OC. The number of hydrogen-bond acceptors (Lipinski definition) is 5. The molecule has 1 aromatic carbocycles. The first-order chi connectivity index (χ1) is 12.2. The number of furan rings is 1. The van der Waals surface area contributed by atoms with E-state index in [1.807, 2.05) is 24.4 Å². The van der Waals surface area contributed by atoms with Gasteiger partial charge in [0.15, 0.2) is 17.3 Å². The van der Waals surface area contributed by atoms with Crippen molar-refractivity contribution in [3.8, 4) is 11.5 Å². The van der Waals surface area contributed by atoms with Crippen LogP contribution in [-0.2, 0) is 13.1 Å². The van der Waals surface area contributed by atoms with Crippen LogP contribution in [0.15, 0.2) is 53.2 Å². The van der Waals surface area contributed by atoms with Crippen molar-refractivity contribution < 1.29 is 18.7 Å². The van der Waals surface area contributed by atoms with Gasteiger partial charge >= 0.3 is 0 Å². The Morgan fingerprint density at radius 2 is 2.04 bits per heavy atom. The Hall–Kier alpha value is -3.22. The van der Waals surface area contributed by atoms with E-state index in [0.29, 0.717) is 30.3 Å². The lowest BCUT2D eigenvalue weighted by molar-refractivity contribution is 0.0921. The number of ether oxygens (including phenoxy) is 2. The van der Waals surface area contributed by atoms with Crippen LogP contribution >= 0.6 is 0 Å². The summed E-state index contributed by atoms with van der Waals surface area (Å²) in [5, 5.41) is 6.93. The fraction of sp³-hybridized carbons (Fsp3) is 0.222. The molecule has 1 N–H and O–H groups in total. The van der Waals surface area contributed by atoms with Gasteiger partial charge in [0.05, 0.1) is 20.8 Å². The summed E-state index contributed by atoms with van der Waals surface area (Å²) in [5.74, 6) is 1.92. The number of rotatable bonds is 7. The Labute approximate surface area is 145 Å². The first kappa shape index (κ1) is 16.6. The van der Waals surface area contributed by atoms with Crippen molar-refractivity contribution in [2.24, 2.45) is 0 Å². The van der Waals surface area contributed by atoms with Gasteiger partial charge in [-0.2, -0.15) is 5.10 Å². The van der Waals surface area contributed by atoms with Gasteiger partial charge in [-0.15, -0.1) is 0 Å². The minimum atomic E-state index is -0.276. The van der Waals surface area contributed by atoms with Crippen LogP contribution in [0.5, 0.6) is 11.5 Å². The molecule has 1 amide bonds. The highest BCUT2D eigenvalue weighted by Crippen LogP contribution is 2.27. The monoisotopic (exact) mass is 341 g/mol. The van der Waals surface area contributed by atoms with Gasteiger partial charge < -0.3 is 19.2 Å². The minimum absolute atomic E-state index is 0.266. The molecule has 0 spiro atoms. The molecular weight excluding hydrogens is 322 g/mol. The smallest absolute Gasteiger partial charge is 0.287 e. The molecule has 0 saturated carbocycles. The molecule has 0 aliphatic rings. The summed E-state index contributed by atoms with van der Waals surface area (Å²) in [6.07, 6.45) is 3.53. The molecule has 0 bridgehead atoms. The van der Waals surface area contributed by atoms with E-state index in [2.05, 4.69) is 10.4 Å². The Morgan fingerprint density at radius 1 is 1.20 bits per heavy atom. The summed E-state index contributed by atoms with van der Waals surface area (Å²) in [5.41, 5.74) is 0.898. The molecule has 0 atom stereocenters. The van der Waals surface area contributed by atoms with E-state index < -0.39 is 0 Å². The van der Waals surface area contributed by atoms with Crippen molar-refractivity contribution in [3.05, 3.63) is 65.9 Å². The second-order valence-electron chi connectivity index (χ2n) is 5.34. The average molecular weight is 341 g/mol. The number of hydrogen-bond donors (Lipinski definition) is 1. The molecule has 2 heterocycles. The summed E-state index contributed by atoms with van der Waals surface area (Å²) < 4.78 is 17.8. The molecule has 0 unspecified atom stereocenters. The van der Waals surface area contributed by atoms with Crippen molar-refractivity contribution in [1.82, 2.24) is 15.1 Å². The summed E-state index contributed by atoms with van der Waals surface area (Å²) in [7, 11) is 3.15. The molecule has 7 nitrogen and oxygen atoms in total. The van der Waals surface area contributed by atoms with E-state index in [-0.39, 0.29) is 11.7 Å². The molecule has 25 heavy (non-hydrogen) atoms. The predicted molar refractivity (Wildman–Crippen MR) is 90.8 cm³/mol. The Balaban J connectivity index is 1.60. The second kappa shape index (κ2) is 7.57. The van der Waals surface area contributed by atoms with Crippen LogP contribution in [0.2, 0.25) is 0 Å². The lowest BCUT2D eigenvalue weighted by atomic mass is 10.2. The van der Waals surface area contributed by atoms with Gasteiger partial charge in [0.25, 0.3) is 5.91 Å². The van der Waals surface area contributed by atoms with Crippen LogP contribution in [0.1, 0.15) is 21.9 Å². The van der Waals surface area contributed by atoms with Crippen LogP contribution in [0.4, 0.5) is 0 Å². The Bertz CT molecular complexity index is 840. The van der Waals surface area contributed by atoms with Gasteiger partial charge in [-0.05, 0) is 35.9 Å². The van der Waals surface area contributed by atoms with E-state index in [4.69, 9.17) is 13.9 Å². The van der Waals surface area contributed by atoms with Gasteiger partial charge in [-0.1, -0.05) is 6.07 Å². The van der Waals surface area contributed by atoms with Crippen molar-refractivity contribution >= 4 is 5.91 Å². The maximum atomic E-state index is 12.2. The van der Waals surface area contributed by atoms with E-state index >= 15 is 0 Å². The molecular formula is C18H19N3O4. The quantitative estimate of drug-likeness (QED) is 0.714. The maximum absolute atomic E-state index is 12.2. The number of carbonyl (C=O) groups is 1. The predicted octanol–water partition coefficient (Wildman–Crippen LogP) is 2.47. The highest BCUT2D eigenvalue weighted by molar-refractivity contribution is 5.91. The van der Waals surface area contributed by atoms with Gasteiger partial charge in [0.2, 0.25) is 0 Å². The number of benzene rings is 1. The van der Waals surface area contributed by atoms with Crippen molar-refractivity contribution in [2.45, 2.75) is 13.1 Å². The van der Waals surface area contributed by atoms with Gasteiger partial charge in [0.1, 0.15) is 5.76 Å². The Kier molecular flexibility index (Phi) is 5.03. The molecule has 0 fully saturated rings. The number of amides is 1. The summed E-state index contributed by atoms with van der Waals surface area (Å²) in [6.45, 7) is 0.838. The Morgan fingerprint density at radius 3 is 2.76 bits per heavy atom. The summed E-state index contributed by atoms with van der Waals surface area (Å²) in [4.78, 5) is 12.2. The highest BCUT2D eigenvalue weighted by Gasteiger charge is 2.12. The van der Waals surface area contributed by atoms with E-state index in [9.17, 15) is 4.79 Å². The lowest BCUT2D eigenvalue weighted by Gasteiger charge is -2.10. The molecule has 130 valence electrons. The third-order valence-corrected chi connectivity index (χ3v) is 3.66. The first-order valence-electron chi connectivity index (χ1n) is 7.75. The zero-order valence-electron chi connectivity index (χ0n) is 14.1. The summed E-state index contributed by atoms with van der Waals surface area (Å²) >= 11 is 0. The van der Waals surface area contributed by atoms with Crippen molar-refractivity contribution in [3.63, 3.8) is 0 Å². The van der Waals surface area contributed by atoms with Crippen LogP contribution < -0.4 is 14.8 Å².